The van der Waals surface area contributed by atoms with Crippen LogP contribution in [0.3, 0.4) is 0 Å². The van der Waals surface area contributed by atoms with Crippen molar-refractivity contribution < 1.29 is 4.79 Å². The first-order valence-corrected chi connectivity index (χ1v) is 10.4. The zero-order valence-corrected chi connectivity index (χ0v) is 18.1. The molecule has 1 amide bonds. The third-order valence-electron chi connectivity index (χ3n) is 5.07. The van der Waals surface area contributed by atoms with Gasteiger partial charge in [0.1, 0.15) is 11.4 Å². The molecule has 3 heterocycles. The van der Waals surface area contributed by atoms with Gasteiger partial charge in [0.15, 0.2) is 0 Å². The molecular formula is C25H25N5O. The Morgan fingerprint density at radius 2 is 1.29 bits per heavy atom. The maximum Gasteiger partial charge on any atom is 0.254 e. The number of nitrogens with zero attached hydrogens (tertiary/aromatic N) is 5. The number of amides is 1. The van der Waals surface area contributed by atoms with Crippen molar-refractivity contribution in [2.75, 3.05) is 0 Å². The minimum Gasteiger partial charge on any atom is -0.334 e. The lowest BCUT2D eigenvalue weighted by Crippen LogP contribution is -2.42. The van der Waals surface area contributed by atoms with Gasteiger partial charge < -0.3 is 4.90 Å². The fourth-order valence-corrected chi connectivity index (χ4v) is 3.76. The molecule has 0 atom stereocenters. The lowest BCUT2D eigenvalue weighted by Gasteiger charge is -2.30. The zero-order valence-electron chi connectivity index (χ0n) is 18.1. The van der Waals surface area contributed by atoms with Gasteiger partial charge in [-0.1, -0.05) is 12.1 Å². The SMILES string of the molecule is CC(C)N(C(=O)c1ccc2nc(-c3ccccn3)c(-c3ccccn3)nc2c1)C(C)C. The van der Waals surface area contributed by atoms with Crippen molar-refractivity contribution in [3.8, 4) is 22.8 Å². The summed E-state index contributed by atoms with van der Waals surface area (Å²) in [5, 5.41) is 0. The first-order valence-electron chi connectivity index (χ1n) is 10.4. The normalized spacial score (nSPS) is 11.3. The van der Waals surface area contributed by atoms with Crippen LogP contribution in [-0.4, -0.2) is 42.8 Å². The zero-order chi connectivity index (χ0) is 22.0. The number of hydrogen-bond donors (Lipinski definition) is 0. The molecule has 1 aromatic carbocycles. The average Bonchev–Trinajstić information content (AvgIpc) is 2.78. The lowest BCUT2D eigenvalue weighted by molar-refractivity contribution is 0.0644. The van der Waals surface area contributed by atoms with Crippen LogP contribution < -0.4 is 0 Å². The number of pyridine rings is 2. The number of carbonyl (C=O) groups excluding carboxylic acids is 1. The van der Waals surface area contributed by atoms with Crippen LogP contribution in [0.15, 0.2) is 67.0 Å². The number of aromatic nitrogens is 4. The Balaban J connectivity index is 1.88. The van der Waals surface area contributed by atoms with Crippen molar-refractivity contribution in [2.24, 2.45) is 0 Å². The van der Waals surface area contributed by atoms with Crippen molar-refractivity contribution in [1.29, 1.82) is 0 Å². The van der Waals surface area contributed by atoms with Crippen LogP contribution in [0, 0.1) is 0 Å². The summed E-state index contributed by atoms with van der Waals surface area (Å²) in [6.07, 6.45) is 3.46. The molecule has 0 spiro atoms. The topological polar surface area (TPSA) is 71.9 Å². The Morgan fingerprint density at radius 3 is 1.77 bits per heavy atom. The number of fused-ring (bicyclic) bond motifs is 1. The average molecular weight is 412 g/mol. The summed E-state index contributed by atoms with van der Waals surface area (Å²) in [4.78, 5) is 33.7. The van der Waals surface area contributed by atoms with Crippen LogP contribution >= 0.6 is 0 Å². The van der Waals surface area contributed by atoms with Gasteiger partial charge >= 0.3 is 0 Å². The highest BCUT2D eigenvalue weighted by Crippen LogP contribution is 2.29. The monoisotopic (exact) mass is 411 g/mol. The Morgan fingerprint density at radius 1 is 0.742 bits per heavy atom. The van der Waals surface area contributed by atoms with Crippen LogP contribution in [0.25, 0.3) is 33.8 Å². The second-order valence-electron chi connectivity index (χ2n) is 7.95. The lowest BCUT2D eigenvalue weighted by atomic mass is 10.1. The third kappa shape index (κ3) is 4.14. The van der Waals surface area contributed by atoms with Gasteiger partial charge in [0.05, 0.1) is 22.4 Å². The van der Waals surface area contributed by atoms with Gasteiger partial charge in [0.2, 0.25) is 0 Å². The molecule has 0 aliphatic rings. The van der Waals surface area contributed by atoms with Crippen molar-refractivity contribution >= 4 is 16.9 Å². The molecule has 0 aliphatic heterocycles. The molecule has 31 heavy (non-hydrogen) atoms. The quantitative estimate of drug-likeness (QED) is 0.461. The molecular weight excluding hydrogens is 386 g/mol. The molecule has 0 N–H and O–H groups in total. The Bertz CT molecular complexity index is 1200. The second-order valence-corrected chi connectivity index (χ2v) is 7.95. The summed E-state index contributed by atoms with van der Waals surface area (Å²) in [5.74, 6) is -0.0121. The maximum absolute atomic E-state index is 13.2. The molecule has 0 saturated heterocycles. The highest BCUT2D eigenvalue weighted by Gasteiger charge is 2.22. The summed E-state index contributed by atoms with van der Waals surface area (Å²) in [5.41, 5.74) is 4.69. The number of rotatable bonds is 5. The summed E-state index contributed by atoms with van der Waals surface area (Å²) in [6.45, 7) is 8.10. The largest absolute Gasteiger partial charge is 0.334 e. The molecule has 6 heteroatoms. The number of benzene rings is 1. The Kier molecular flexibility index (Phi) is 5.71. The van der Waals surface area contributed by atoms with E-state index in [-0.39, 0.29) is 18.0 Å². The predicted molar refractivity (Wildman–Crippen MR) is 122 cm³/mol. The van der Waals surface area contributed by atoms with Crippen LogP contribution in [0.5, 0.6) is 0 Å². The first kappa shape index (κ1) is 20.6. The van der Waals surface area contributed by atoms with Gasteiger partial charge in [-0.05, 0) is 70.2 Å². The highest BCUT2D eigenvalue weighted by molar-refractivity contribution is 5.98. The standard InChI is InChI=1S/C25H25N5O/c1-16(2)30(17(3)4)25(31)18-11-12-19-22(15-18)29-24(21-10-6-8-14-27-21)23(28-19)20-9-5-7-13-26-20/h5-17H,1-4H3. The van der Waals surface area contributed by atoms with Crippen molar-refractivity contribution in [1.82, 2.24) is 24.8 Å². The highest BCUT2D eigenvalue weighted by atomic mass is 16.2. The first-order chi connectivity index (χ1) is 15.0. The van der Waals surface area contributed by atoms with E-state index >= 15 is 0 Å². The predicted octanol–water partition coefficient (Wildman–Crippen LogP) is 5.01. The number of carbonyl (C=O) groups is 1. The molecule has 0 saturated carbocycles. The van der Waals surface area contributed by atoms with E-state index in [2.05, 4.69) is 9.97 Å². The Hall–Kier alpha value is -3.67. The van der Waals surface area contributed by atoms with E-state index < -0.39 is 0 Å². The van der Waals surface area contributed by atoms with E-state index in [0.717, 1.165) is 5.69 Å². The molecule has 3 aromatic heterocycles. The van der Waals surface area contributed by atoms with E-state index in [9.17, 15) is 4.79 Å². The smallest absolute Gasteiger partial charge is 0.254 e. The fraction of sp³-hybridized carbons (Fsp3) is 0.240. The van der Waals surface area contributed by atoms with Gasteiger partial charge in [-0.25, -0.2) is 9.97 Å². The summed E-state index contributed by atoms with van der Waals surface area (Å²) >= 11 is 0. The van der Waals surface area contributed by atoms with Gasteiger partial charge in [0, 0.05) is 30.0 Å². The minimum atomic E-state index is -0.0121. The molecule has 4 rings (SSSR count). The van der Waals surface area contributed by atoms with Crippen LogP contribution in [0.4, 0.5) is 0 Å². The molecule has 0 bridgehead atoms. The summed E-state index contributed by atoms with van der Waals surface area (Å²) in [7, 11) is 0. The fourth-order valence-electron chi connectivity index (χ4n) is 3.76. The Labute approximate surface area is 182 Å². The molecule has 0 aliphatic carbocycles. The van der Waals surface area contributed by atoms with E-state index in [4.69, 9.17) is 9.97 Å². The number of hydrogen-bond acceptors (Lipinski definition) is 5. The van der Waals surface area contributed by atoms with E-state index in [0.29, 0.717) is 33.7 Å². The van der Waals surface area contributed by atoms with E-state index in [1.54, 1.807) is 12.4 Å². The van der Waals surface area contributed by atoms with Crippen LogP contribution in [0.1, 0.15) is 38.1 Å². The third-order valence-corrected chi connectivity index (χ3v) is 5.07. The molecule has 4 aromatic rings. The van der Waals surface area contributed by atoms with Gasteiger partial charge in [-0.3, -0.25) is 14.8 Å². The molecule has 0 unspecified atom stereocenters. The molecule has 0 radical (unpaired) electrons. The molecule has 6 nitrogen and oxygen atoms in total. The maximum atomic E-state index is 13.2. The minimum absolute atomic E-state index is 0.0121. The van der Waals surface area contributed by atoms with Crippen molar-refractivity contribution in [3.05, 3.63) is 72.6 Å². The van der Waals surface area contributed by atoms with Crippen LogP contribution in [-0.2, 0) is 0 Å². The van der Waals surface area contributed by atoms with Crippen LogP contribution in [0.2, 0.25) is 0 Å². The second kappa shape index (κ2) is 8.60. The van der Waals surface area contributed by atoms with Gasteiger partial charge in [0.25, 0.3) is 5.91 Å². The van der Waals surface area contributed by atoms with Gasteiger partial charge in [-0.15, -0.1) is 0 Å². The van der Waals surface area contributed by atoms with Crippen molar-refractivity contribution in [2.45, 2.75) is 39.8 Å². The van der Waals surface area contributed by atoms with E-state index in [1.807, 2.05) is 87.2 Å². The van der Waals surface area contributed by atoms with E-state index in [1.165, 1.54) is 0 Å². The molecule has 156 valence electrons. The summed E-state index contributed by atoms with van der Waals surface area (Å²) < 4.78 is 0. The van der Waals surface area contributed by atoms with Crippen molar-refractivity contribution in [3.63, 3.8) is 0 Å². The van der Waals surface area contributed by atoms with Gasteiger partial charge in [-0.2, -0.15) is 0 Å². The summed E-state index contributed by atoms with van der Waals surface area (Å²) in [6, 6.07) is 17.1. The molecule has 0 fully saturated rings.